The van der Waals surface area contributed by atoms with E-state index in [0.717, 1.165) is 21.9 Å². The smallest absolute Gasteiger partial charge is 0.264 e. The van der Waals surface area contributed by atoms with Gasteiger partial charge in [-0.05, 0) is 41.8 Å². The first-order valence-electron chi connectivity index (χ1n) is 9.54. The van der Waals surface area contributed by atoms with Crippen LogP contribution in [0, 0.1) is 0 Å². The van der Waals surface area contributed by atoms with Crippen molar-refractivity contribution >= 4 is 27.8 Å². The lowest BCUT2D eigenvalue weighted by Gasteiger charge is -2.24. The molecule has 3 rings (SSSR count). The summed E-state index contributed by atoms with van der Waals surface area (Å²) in [6, 6.07) is 24.5. The Bertz CT molecular complexity index is 1100. The number of hydrogen-bond acceptors (Lipinski definition) is 4. The van der Waals surface area contributed by atoms with Crippen LogP contribution in [0.2, 0.25) is 0 Å². The molecule has 0 saturated heterocycles. The second-order valence-corrected chi connectivity index (χ2v) is 8.41. The van der Waals surface area contributed by atoms with E-state index in [9.17, 15) is 13.2 Å². The Morgan fingerprint density at radius 3 is 2.13 bits per heavy atom. The number of carbonyl (C=O) groups is 1. The van der Waals surface area contributed by atoms with E-state index in [2.05, 4.69) is 10.5 Å². The van der Waals surface area contributed by atoms with Gasteiger partial charge >= 0.3 is 0 Å². The molecular formula is C23H23N3O3S. The largest absolute Gasteiger partial charge is 0.271 e. The molecule has 0 aliphatic heterocycles. The fourth-order valence-corrected chi connectivity index (χ4v) is 4.26. The van der Waals surface area contributed by atoms with Crippen LogP contribution in [0.3, 0.4) is 0 Å². The van der Waals surface area contributed by atoms with E-state index in [1.165, 1.54) is 18.3 Å². The highest BCUT2D eigenvalue weighted by Crippen LogP contribution is 2.24. The molecule has 7 heteroatoms. The zero-order chi connectivity index (χ0) is 21.4. The second-order valence-electron chi connectivity index (χ2n) is 6.55. The lowest BCUT2D eigenvalue weighted by molar-refractivity contribution is -0.119. The minimum absolute atomic E-state index is 0.116. The first-order valence-corrected chi connectivity index (χ1v) is 11.0. The Labute approximate surface area is 176 Å². The zero-order valence-electron chi connectivity index (χ0n) is 16.6. The number of sulfonamides is 1. The molecule has 0 aliphatic carbocycles. The van der Waals surface area contributed by atoms with Gasteiger partial charge < -0.3 is 0 Å². The quantitative estimate of drug-likeness (QED) is 0.446. The number of rotatable bonds is 8. The molecule has 0 unspecified atom stereocenters. The summed E-state index contributed by atoms with van der Waals surface area (Å²) in [5, 5.41) is 3.92. The fraction of sp³-hybridized carbons (Fsp3) is 0.130. The number of carbonyl (C=O) groups excluding carboxylic acids is 1. The highest BCUT2D eigenvalue weighted by Gasteiger charge is 2.27. The van der Waals surface area contributed by atoms with E-state index in [-0.39, 0.29) is 4.90 Å². The summed E-state index contributed by atoms with van der Waals surface area (Å²) in [7, 11) is -3.93. The highest BCUT2D eigenvalue weighted by molar-refractivity contribution is 7.92. The van der Waals surface area contributed by atoms with Gasteiger partial charge in [-0.3, -0.25) is 9.10 Å². The van der Waals surface area contributed by atoms with Gasteiger partial charge in [-0.15, -0.1) is 0 Å². The van der Waals surface area contributed by atoms with Crippen molar-refractivity contribution in [1.29, 1.82) is 0 Å². The zero-order valence-corrected chi connectivity index (χ0v) is 17.4. The molecule has 0 aliphatic rings. The van der Waals surface area contributed by atoms with E-state index in [0.29, 0.717) is 5.69 Å². The molecular weight excluding hydrogens is 398 g/mol. The fourth-order valence-electron chi connectivity index (χ4n) is 2.82. The molecule has 0 heterocycles. The average molecular weight is 422 g/mol. The third kappa shape index (κ3) is 5.33. The molecule has 0 atom stereocenters. The number of hydrazone groups is 1. The molecule has 1 amide bonds. The Hall–Kier alpha value is -3.45. The van der Waals surface area contributed by atoms with Gasteiger partial charge in [0.1, 0.15) is 6.54 Å². The molecule has 0 aromatic heterocycles. The van der Waals surface area contributed by atoms with Gasteiger partial charge in [0.2, 0.25) is 0 Å². The van der Waals surface area contributed by atoms with E-state index in [4.69, 9.17) is 0 Å². The monoisotopic (exact) mass is 421 g/mol. The van der Waals surface area contributed by atoms with Crippen LogP contribution in [-0.4, -0.2) is 27.1 Å². The van der Waals surface area contributed by atoms with Gasteiger partial charge in [0.15, 0.2) is 0 Å². The van der Waals surface area contributed by atoms with Crippen molar-refractivity contribution in [3.8, 4) is 0 Å². The van der Waals surface area contributed by atoms with Crippen LogP contribution in [0.25, 0.3) is 0 Å². The Kier molecular flexibility index (Phi) is 6.98. The third-order valence-corrected chi connectivity index (χ3v) is 6.24. The lowest BCUT2D eigenvalue weighted by Crippen LogP contribution is -2.39. The van der Waals surface area contributed by atoms with E-state index in [1.54, 1.807) is 30.3 Å². The molecule has 3 aromatic carbocycles. The number of nitrogens with one attached hydrogen (secondary N) is 1. The highest BCUT2D eigenvalue weighted by atomic mass is 32.2. The van der Waals surface area contributed by atoms with Crippen molar-refractivity contribution in [3.63, 3.8) is 0 Å². The van der Waals surface area contributed by atoms with Crippen LogP contribution in [0.1, 0.15) is 18.1 Å². The third-order valence-electron chi connectivity index (χ3n) is 4.45. The van der Waals surface area contributed by atoms with Crippen LogP contribution in [0.4, 0.5) is 5.69 Å². The number of benzene rings is 3. The SMILES string of the molecule is CCc1ccc(N(CC(=O)N/N=C\c2ccccc2)S(=O)(=O)c2ccccc2)cc1. The van der Waals surface area contributed by atoms with Crippen molar-refractivity contribution in [1.82, 2.24) is 5.43 Å². The van der Waals surface area contributed by atoms with E-state index < -0.39 is 22.5 Å². The molecule has 1 N–H and O–H groups in total. The average Bonchev–Trinajstić information content (AvgIpc) is 2.79. The predicted octanol–water partition coefficient (Wildman–Crippen LogP) is 3.59. The summed E-state index contributed by atoms with van der Waals surface area (Å²) >= 11 is 0. The van der Waals surface area contributed by atoms with Crippen molar-refractivity contribution in [2.75, 3.05) is 10.8 Å². The molecule has 154 valence electrons. The van der Waals surface area contributed by atoms with Crippen molar-refractivity contribution in [3.05, 3.63) is 96.1 Å². The summed E-state index contributed by atoms with van der Waals surface area (Å²) in [5.41, 5.74) is 4.71. The van der Waals surface area contributed by atoms with Crippen LogP contribution >= 0.6 is 0 Å². The molecule has 0 radical (unpaired) electrons. The maximum Gasteiger partial charge on any atom is 0.264 e. The van der Waals surface area contributed by atoms with Crippen LogP contribution in [-0.2, 0) is 21.2 Å². The maximum atomic E-state index is 13.2. The standard InChI is InChI=1S/C23H23N3O3S/c1-2-19-13-15-21(16-14-19)26(30(28,29)22-11-7-4-8-12-22)18-23(27)25-24-17-20-9-5-3-6-10-20/h3-17H,2,18H2,1H3,(H,25,27)/b24-17-. The van der Waals surface area contributed by atoms with Crippen molar-refractivity contribution in [2.45, 2.75) is 18.2 Å². The normalized spacial score (nSPS) is 11.4. The lowest BCUT2D eigenvalue weighted by atomic mass is 10.1. The molecule has 30 heavy (non-hydrogen) atoms. The molecule has 3 aromatic rings. The molecule has 0 spiro atoms. The summed E-state index contributed by atoms with van der Waals surface area (Å²) in [6.45, 7) is 1.63. The van der Waals surface area contributed by atoms with Crippen molar-refractivity contribution < 1.29 is 13.2 Å². The van der Waals surface area contributed by atoms with Gasteiger partial charge in [0.05, 0.1) is 16.8 Å². The van der Waals surface area contributed by atoms with Gasteiger partial charge in [-0.25, -0.2) is 13.8 Å². The number of nitrogens with zero attached hydrogens (tertiary/aromatic N) is 2. The molecule has 0 bridgehead atoms. The summed E-state index contributed by atoms with van der Waals surface area (Å²) in [5.74, 6) is -0.541. The summed E-state index contributed by atoms with van der Waals surface area (Å²) in [6.07, 6.45) is 2.34. The number of aryl methyl sites for hydroxylation is 1. The van der Waals surface area contributed by atoms with Crippen LogP contribution in [0.15, 0.2) is 94.9 Å². The van der Waals surface area contributed by atoms with Gasteiger partial charge in [-0.1, -0.05) is 67.6 Å². The second kappa shape index (κ2) is 9.84. The van der Waals surface area contributed by atoms with E-state index in [1.807, 2.05) is 49.4 Å². The predicted molar refractivity (Wildman–Crippen MR) is 119 cm³/mol. The Balaban J connectivity index is 1.83. The topological polar surface area (TPSA) is 78.8 Å². The van der Waals surface area contributed by atoms with E-state index >= 15 is 0 Å². The maximum absolute atomic E-state index is 13.2. The van der Waals surface area contributed by atoms with Crippen LogP contribution < -0.4 is 9.73 Å². The number of anilines is 1. The molecule has 0 fully saturated rings. The summed E-state index contributed by atoms with van der Waals surface area (Å²) in [4.78, 5) is 12.6. The van der Waals surface area contributed by atoms with Gasteiger partial charge in [-0.2, -0.15) is 5.10 Å². The Morgan fingerprint density at radius 1 is 0.933 bits per heavy atom. The number of hydrogen-bond donors (Lipinski definition) is 1. The molecule has 0 saturated carbocycles. The minimum atomic E-state index is -3.93. The van der Waals surface area contributed by atoms with Gasteiger partial charge in [0, 0.05) is 0 Å². The Morgan fingerprint density at radius 2 is 1.53 bits per heavy atom. The number of amides is 1. The van der Waals surface area contributed by atoms with Gasteiger partial charge in [0.25, 0.3) is 15.9 Å². The minimum Gasteiger partial charge on any atom is -0.271 e. The first-order chi connectivity index (χ1) is 14.5. The first kappa shape index (κ1) is 21.3. The van der Waals surface area contributed by atoms with Crippen LogP contribution in [0.5, 0.6) is 0 Å². The van der Waals surface area contributed by atoms with Crippen molar-refractivity contribution in [2.24, 2.45) is 5.10 Å². The summed E-state index contributed by atoms with van der Waals surface area (Å²) < 4.78 is 27.5. The molecule has 6 nitrogen and oxygen atoms in total.